The third-order valence-electron chi connectivity index (χ3n) is 2.63. The highest BCUT2D eigenvalue weighted by molar-refractivity contribution is 5.88. The number of hydrogen-bond donors (Lipinski definition) is 1. The molecule has 2 heterocycles. The van der Waals surface area contributed by atoms with Crippen molar-refractivity contribution in [3.8, 4) is 0 Å². The molecule has 2 aromatic rings. The lowest BCUT2D eigenvalue weighted by atomic mass is 10.2. The highest BCUT2D eigenvalue weighted by Gasteiger charge is 2.15. The van der Waals surface area contributed by atoms with Gasteiger partial charge in [-0.25, -0.2) is 9.78 Å². The van der Waals surface area contributed by atoms with E-state index in [0.717, 1.165) is 0 Å². The molecule has 0 aliphatic carbocycles. The van der Waals surface area contributed by atoms with E-state index in [9.17, 15) is 9.59 Å². The first kappa shape index (κ1) is 12.0. The Kier molecular flexibility index (Phi) is 2.97. The average Bonchev–Trinajstić information content (AvgIpc) is 2.64. The maximum Gasteiger partial charge on any atom is 0.339 e. The van der Waals surface area contributed by atoms with Crippen molar-refractivity contribution in [2.45, 2.75) is 13.5 Å². The molecule has 2 rings (SSSR count). The molecule has 7 nitrogen and oxygen atoms in total. The molecule has 0 aromatic carbocycles. The zero-order chi connectivity index (χ0) is 13.3. The van der Waals surface area contributed by atoms with Gasteiger partial charge in [-0.2, -0.15) is 5.10 Å². The molecule has 1 N–H and O–H groups in total. The molecule has 2 aromatic heterocycles. The number of aryl methyl sites for hydroxylation is 2. The first-order valence-electron chi connectivity index (χ1n) is 5.26. The number of nitrogens with zero attached hydrogens (tertiary/aromatic N) is 4. The van der Waals surface area contributed by atoms with Gasteiger partial charge in [0.05, 0.1) is 24.8 Å². The molecule has 7 heteroatoms. The minimum atomic E-state index is -1.06. The number of rotatable bonds is 3. The number of aromatic nitrogens is 4. The Morgan fingerprint density at radius 1 is 1.50 bits per heavy atom. The van der Waals surface area contributed by atoms with Crippen LogP contribution in [0.15, 0.2) is 23.4 Å². The van der Waals surface area contributed by atoms with Crippen LogP contribution in [0.1, 0.15) is 21.7 Å². The van der Waals surface area contributed by atoms with Crippen LogP contribution in [0.4, 0.5) is 0 Å². The van der Waals surface area contributed by atoms with E-state index in [1.807, 2.05) is 0 Å². The predicted molar refractivity (Wildman–Crippen MR) is 62.5 cm³/mol. The fraction of sp³-hybridized carbons (Fsp3) is 0.273. The second-order valence-corrected chi connectivity index (χ2v) is 3.93. The van der Waals surface area contributed by atoms with E-state index < -0.39 is 5.97 Å². The molecule has 0 radical (unpaired) electrons. The number of carboxylic acids is 1. The fourth-order valence-corrected chi connectivity index (χ4v) is 1.63. The predicted octanol–water partition coefficient (Wildman–Crippen LogP) is 0.0317. The molecule has 0 saturated heterocycles. The van der Waals surface area contributed by atoms with Gasteiger partial charge in [0.2, 0.25) is 0 Å². The summed E-state index contributed by atoms with van der Waals surface area (Å²) in [7, 11) is 1.63. The zero-order valence-electron chi connectivity index (χ0n) is 9.99. The number of carboxylic acid groups (broad SMARTS) is 1. The zero-order valence-corrected chi connectivity index (χ0v) is 9.99. The van der Waals surface area contributed by atoms with Gasteiger partial charge >= 0.3 is 5.97 Å². The summed E-state index contributed by atoms with van der Waals surface area (Å²) in [4.78, 5) is 26.7. The van der Waals surface area contributed by atoms with E-state index in [0.29, 0.717) is 11.4 Å². The Bertz CT molecular complexity index is 657. The first-order chi connectivity index (χ1) is 8.49. The van der Waals surface area contributed by atoms with E-state index in [2.05, 4.69) is 10.1 Å². The highest BCUT2D eigenvalue weighted by Crippen LogP contribution is 2.08. The maximum atomic E-state index is 11.7. The Hall–Kier alpha value is -2.44. The van der Waals surface area contributed by atoms with E-state index in [4.69, 9.17) is 5.11 Å². The quantitative estimate of drug-likeness (QED) is 0.827. The summed E-state index contributed by atoms with van der Waals surface area (Å²) in [6.07, 6.45) is 2.67. The highest BCUT2D eigenvalue weighted by atomic mass is 16.4. The van der Waals surface area contributed by atoms with Gasteiger partial charge in [0.15, 0.2) is 0 Å². The van der Waals surface area contributed by atoms with Gasteiger partial charge < -0.3 is 5.11 Å². The summed E-state index contributed by atoms with van der Waals surface area (Å²) in [6, 6.07) is 1.40. The number of hydrogen-bond acceptors (Lipinski definition) is 4. The Morgan fingerprint density at radius 2 is 2.22 bits per heavy atom. The van der Waals surface area contributed by atoms with Crippen molar-refractivity contribution in [3.63, 3.8) is 0 Å². The van der Waals surface area contributed by atoms with Crippen LogP contribution < -0.4 is 5.56 Å². The number of carbonyl (C=O) groups is 1. The molecule has 0 fully saturated rings. The van der Waals surface area contributed by atoms with Crippen LogP contribution in [-0.4, -0.2) is 30.4 Å². The lowest BCUT2D eigenvalue weighted by molar-refractivity contribution is 0.0695. The van der Waals surface area contributed by atoms with Crippen molar-refractivity contribution in [1.29, 1.82) is 0 Å². The van der Waals surface area contributed by atoms with Gasteiger partial charge in [-0.15, -0.1) is 0 Å². The molecular weight excluding hydrogens is 236 g/mol. The molecule has 0 unspecified atom stereocenters. The van der Waals surface area contributed by atoms with Gasteiger partial charge in [-0.3, -0.25) is 14.0 Å². The summed E-state index contributed by atoms with van der Waals surface area (Å²) in [6.45, 7) is 1.85. The third kappa shape index (κ3) is 2.15. The summed E-state index contributed by atoms with van der Waals surface area (Å²) < 4.78 is 2.78. The standard InChI is InChI=1S/C11H12N4O3/c1-7-3-10(16)15(6-12-7)5-9-8(11(17)18)4-13-14(9)2/h3-4,6H,5H2,1-2H3,(H,17,18). The smallest absolute Gasteiger partial charge is 0.339 e. The Balaban J connectivity index is 2.43. The topological polar surface area (TPSA) is 90.0 Å². The van der Waals surface area contributed by atoms with Crippen LogP contribution in [0.3, 0.4) is 0 Å². The second kappa shape index (κ2) is 4.44. The van der Waals surface area contributed by atoms with Crippen molar-refractivity contribution in [2.75, 3.05) is 0 Å². The van der Waals surface area contributed by atoms with E-state index in [-0.39, 0.29) is 17.7 Å². The molecule has 0 aliphatic rings. The molecule has 0 bridgehead atoms. The van der Waals surface area contributed by atoms with Gasteiger partial charge in [0, 0.05) is 18.8 Å². The molecule has 0 amide bonds. The molecule has 0 atom stereocenters. The van der Waals surface area contributed by atoms with Crippen LogP contribution in [0.5, 0.6) is 0 Å². The van der Waals surface area contributed by atoms with Crippen molar-refractivity contribution in [1.82, 2.24) is 19.3 Å². The maximum absolute atomic E-state index is 11.7. The monoisotopic (exact) mass is 248 g/mol. The molecule has 0 aliphatic heterocycles. The lowest BCUT2D eigenvalue weighted by Gasteiger charge is -2.06. The summed E-state index contributed by atoms with van der Waals surface area (Å²) >= 11 is 0. The summed E-state index contributed by atoms with van der Waals surface area (Å²) in [5, 5.41) is 12.9. The Morgan fingerprint density at radius 3 is 2.83 bits per heavy atom. The normalized spacial score (nSPS) is 10.6. The van der Waals surface area contributed by atoms with E-state index in [1.165, 1.54) is 27.8 Å². The van der Waals surface area contributed by atoms with Crippen LogP contribution in [0.2, 0.25) is 0 Å². The first-order valence-corrected chi connectivity index (χ1v) is 5.26. The minimum absolute atomic E-state index is 0.0879. The van der Waals surface area contributed by atoms with Crippen molar-refractivity contribution in [2.24, 2.45) is 7.05 Å². The van der Waals surface area contributed by atoms with Crippen molar-refractivity contribution >= 4 is 5.97 Å². The largest absolute Gasteiger partial charge is 0.478 e. The van der Waals surface area contributed by atoms with Gasteiger partial charge in [-0.1, -0.05) is 0 Å². The van der Waals surface area contributed by atoms with E-state index >= 15 is 0 Å². The summed E-state index contributed by atoms with van der Waals surface area (Å²) in [5.41, 5.74) is 0.944. The van der Waals surface area contributed by atoms with Crippen molar-refractivity contribution in [3.05, 3.63) is 45.9 Å². The van der Waals surface area contributed by atoms with Crippen LogP contribution in [0, 0.1) is 6.92 Å². The van der Waals surface area contributed by atoms with Gasteiger partial charge in [-0.05, 0) is 6.92 Å². The molecule has 0 spiro atoms. The Labute approximate surface area is 102 Å². The number of aromatic carboxylic acids is 1. The van der Waals surface area contributed by atoms with E-state index in [1.54, 1.807) is 14.0 Å². The molecular formula is C11H12N4O3. The van der Waals surface area contributed by atoms with Gasteiger partial charge in [0.1, 0.15) is 5.56 Å². The summed E-state index contributed by atoms with van der Waals surface area (Å²) in [5.74, 6) is -1.06. The lowest BCUT2D eigenvalue weighted by Crippen LogP contribution is -2.22. The van der Waals surface area contributed by atoms with Crippen molar-refractivity contribution < 1.29 is 9.90 Å². The average molecular weight is 248 g/mol. The third-order valence-corrected chi connectivity index (χ3v) is 2.63. The molecule has 18 heavy (non-hydrogen) atoms. The minimum Gasteiger partial charge on any atom is -0.478 e. The van der Waals surface area contributed by atoms with Crippen LogP contribution in [-0.2, 0) is 13.6 Å². The van der Waals surface area contributed by atoms with Crippen LogP contribution in [0.25, 0.3) is 0 Å². The van der Waals surface area contributed by atoms with Crippen LogP contribution >= 0.6 is 0 Å². The second-order valence-electron chi connectivity index (χ2n) is 3.93. The fourth-order valence-electron chi connectivity index (χ4n) is 1.63. The molecule has 0 saturated carbocycles. The van der Waals surface area contributed by atoms with Gasteiger partial charge in [0.25, 0.3) is 5.56 Å². The molecule has 94 valence electrons. The SMILES string of the molecule is Cc1cc(=O)n(Cc2c(C(=O)O)cnn2C)cn1.